The first-order valence-electron chi connectivity index (χ1n) is 7.51. The first kappa shape index (κ1) is 16.8. The molecule has 2 aromatic rings. The van der Waals surface area contributed by atoms with Crippen molar-refractivity contribution in [2.75, 3.05) is 5.73 Å². The number of rotatable bonds is 4. The molecule has 5 heteroatoms. The Hall–Kier alpha value is -2.56. The van der Waals surface area contributed by atoms with Gasteiger partial charge in [0.25, 0.3) is 5.56 Å². The van der Waals surface area contributed by atoms with Crippen molar-refractivity contribution in [3.63, 3.8) is 0 Å². The van der Waals surface area contributed by atoms with Crippen LogP contribution in [0.2, 0.25) is 0 Å². The van der Waals surface area contributed by atoms with Crippen molar-refractivity contribution in [2.24, 2.45) is 0 Å². The molecule has 23 heavy (non-hydrogen) atoms. The summed E-state index contributed by atoms with van der Waals surface area (Å²) in [7, 11) is 0. The molecule has 1 heterocycles. The van der Waals surface area contributed by atoms with Crippen LogP contribution >= 0.6 is 0 Å². The van der Waals surface area contributed by atoms with Crippen molar-refractivity contribution >= 4 is 11.7 Å². The van der Waals surface area contributed by atoms with Gasteiger partial charge in [-0.25, -0.2) is 4.79 Å². The molecule has 0 aliphatic heterocycles. The number of aromatic nitrogens is 1. The lowest BCUT2D eigenvalue weighted by Gasteiger charge is -2.25. The summed E-state index contributed by atoms with van der Waals surface area (Å²) in [5.41, 5.74) is 5.72. The lowest BCUT2D eigenvalue weighted by molar-refractivity contribution is -0.159. The number of carbonyl (C=O) groups excluding carboxylic acids is 1. The van der Waals surface area contributed by atoms with Crippen molar-refractivity contribution < 1.29 is 9.53 Å². The van der Waals surface area contributed by atoms with Crippen molar-refractivity contribution in [3.05, 3.63) is 64.6 Å². The summed E-state index contributed by atoms with van der Waals surface area (Å²) in [6.45, 7) is 5.39. The van der Waals surface area contributed by atoms with E-state index in [1.807, 2.05) is 30.3 Å². The Morgan fingerprint density at radius 3 is 2.43 bits per heavy atom. The highest BCUT2D eigenvalue weighted by molar-refractivity contribution is 5.75. The number of esters is 1. The van der Waals surface area contributed by atoms with Crippen LogP contribution in [0.25, 0.3) is 0 Å². The molecule has 0 saturated heterocycles. The lowest BCUT2D eigenvalue weighted by Crippen LogP contribution is -2.36. The van der Waals surface area contributed by atoms with Crippen LogP contribution in [-0.2, 0) is 16.0 Å². The minimum absolute atomic E-state index is 0.106. The van der Waals surface area contributed by atoms with Crippen molar-refractivity contribution in [2.45, 2.75) is 38.8 Å². The van der Waals surface area contributed by atoms with Crippen LogP contribution in [0.4, 0.5) is 5.69 Å². The number of nitrogens with two attached hydrogens (primary N) is 1. The summed E-state index contributed by atoms with van der Waals surface area (Å²) in [6.07, 6.45) is 1.93. The van der Waals surface area contributed by atoms with Crippen LogP contribution in [0.1, 0.15) is 32.4 Å². The molecule has 0 fully saturated rings. The fourth-order valence-corrected chi connectivity index (χ4v) is 2.28. The number of ether oxygens (including phenoxy) is 1. The molecule has 2 N–H and O–H groups in total. The van der Waals surface area contributed by atoms with Gasteiger partial charge in [0.15, 0.2) is 0 Å². The number of benzene rings is 1. The van der Waals surface area contributed by atoms with E-state index in [9.17, 15) is 9.59 Å². The van der Waals surface area contributed by atoms with Crippen LogP contribution in [0, 0.1) is 0 Å². The van der Waals surface area contributed by atoms with Gasteiger partial charge in [0.1, 0.15) is 11.6 Å². The van der Waals surface area contributed by atoms with Crippen LogP contribution in [-0.4, -0.2) is 16.1 Å². The van der Waals surface area contributed by atoms with E-state index in [1.54, 1.807) is 33.0 Å². The third-order valence-corrected chi connectivity index (χ3v) is 3.29. The SMILES string of the molecule is CC(C)(C)OC(=O)[C@H](Cc1ccccc1)n1cccc(N)c1=O. The second-order valence-corrected chi connectivity index (χ2v) is 6.41. The van der Waals surface area contributed by atoms with Crippen LogP contribution in [0.5, 0.6) is 0 Å². The van der Waals surface area contributed by atoms with E-state index in [2.05, 4.69) is 0 Å². The van der Waals surface area contributed by atoms with Crippen LogP contribution in [0.3, 0.4) is 0 Å². The Kier molecular flexibility index (Phi) is 4.89. The number of hydrogen-bond acceptors (Lipinski definition) is 4. The highest BCUT2D eigenvalue weighted by atomic mass is 16.6. The van der Waals surface area contributed by atoms with E-state index in [0.29, 0.717) is 6.42 Å². The van der Waals surface area contributed by atoms with E-state index in [0.717, 1.165) is 5.56 Å². The Labute approximate surface area is 135 Å². The molecule has 0 radical (unpaired) electrons. The van der Waals surface area contributed by atoms with Gasteiger partial charge in [-0.2, -0.15) is 0 Å². The topological polar surface area (TPSA) is 74.3 Å². The summed E-state index contributed by atoms with van der Waals surface area (Å²) in [5, 5.41) is 0. The summed E-state index contributed by atoms with van der Waals surface area (Å²) in [5.74, 6) is -0.450. The molecule has 0 bridgehead atoms. The third kappa shape index (κ3) is 4.45. The predicted octanol–water partition coefficient (Wildman–Crippen LogP) is 2.56. The number of anilines is 1. The van der Waals surface area contributed by atoms with Gasteiger partial charge in [-0.1, -0.05) is 30.3 Å². The molecule has 0 amide bonds. The molecule has 1 atom stereocenters. The van der Waals surface area contributed by atoms with E-state index in [-0.39, 0.29) is 11.2 Å². The fourth-order valence-electron chi connectivity index (χ4n) is 2.28. The van der Waals surface area contributed by atoms with Gasteiger partial charge in [0.2, 0.25) is 0 Å². The lowest BCUT2D eigenvalue weighted by atomic mass is 10.0. The van der Waals surface area contributed by atoms with Crippen molar-refractivity contribution in [1.29, 1.82) is 0 Å². The Bertz CT molecular complexity index is 730. The van der Waals surface area contributed by atoms with Gasteiger partial charge < -0.3 is 10.5 Å². The molecule has 0 spiro atoms. The molecule has 0 aliphatic carbocycles. The molecule has 5 nitrogen and oxygen atoms in total. The number of carbonyl (C=O) groups is 1. The van der Waals surface area contributed by atoms with Crippen molar-refractivity contribution in [1.82, 2.24) is 4.57 Å². The summed E-state index contributed by atoms with van der Waals surface area (Å²) in [6, 6.07) is 11.9. The zero-order chi connectivity index (χ0) is 17.0. The molecular weight excluding hydrogens is 292 g/mol. The maximum atomic E-state index is 12.6. The van der Waals surface area contributed by atoms with Gasteiger partial charge in [-0.15, -0.1) is 0 Å². The van der Waals surface area contributed by atoms with Gasteiger partial charge in [0, 0.05) is 12.6 Å². The highest BCUT2D eigenvalue weighted by Crippen LogP contribution is 2.19. The highest BCUT2D eigenvalue weighted by Gasteiger charge is 2.27. The molecule has 2 rings (SSSR count). The second-order valence-electron chi connectivity index (χ2n) is 6.41. The molecule has 0 unspecified atom stereocenters. The Balaban J connectivity index is 2.40. The molecular formula is C18H22N2O3. The van der Waals surface area contributed by atoms with Gasteiger partial charge >= 0.3 is 5.97 Å². The normalized spacial score (nSPS) is 12.7. The molecule has 0 saturated carbocycles. The predicted molar refractivity (Wildman–Crippen MR) is 90.1 cm³/mol. The number of hydrogen-bond donors (Lipinski definition) is 1. The maximum Gasteiger partial charge on any atom is 0.330 e. The van der Waals surface area contributed by atoms with Gasteiger partial charge in [-0.05, 0) is 38.5 Å². The second kappa shape index (κ2) is 6.69. The molecule has 0 aliphatic rings. The van der Waals surface area contributed by atoms with Gasteiger partial charge in [-0.3, -0.25) is 9.36 Å². The molecule has 122 valence electrons. The quantitative estimate of drug-likeness (QED) is 0.880. The molecule has 1 aromatic heterocycles. The van der Waals surface area contributed by atoms with Crippen molar-refractivity contribution in [3.8, 4) is 0 Å². The Morgan fingerprint density at radius 1 is 1.17 bits per heavy atom. The molecule has 1 aromatic carbocycles. The first-order valence-corrected chi connectivity index (χ1v) is 7.51. The van der Waals surface area contributed by atoms with Crippen LogP contribution < -0.4 is 11.3 Å². The maximum absolute atomic E-state index is 12.6. The summed E-state index contributed by atoms with van der Waals surface area (Å²) in [4.78, 5) is 24.9. The van der Waals surface area contributed by atoms with Crippen LogP contribution in [0.15, 0.2) is 53.5 Å². The Morgan fingerprint density at radius 2 is 1.83 bits per heavy atom. The monoisotopic (exact) mass is 314 g/mol. The number of pyridine rings is 1. The minimum atomic E-state index is -0.757. The van der Waals surface area contributed by atoms with Gasteiger partial charge in [0.05, 0.1) is 5.69 Å². The average Bonchev–Trinajstić information content (AvgIpc) is 2.47. The summed E-state index contributed by atoms with van der Waals surface area (Å²) >= 11 is 0. The fraction of sp³-hybridized carbons (Fsp3) is 0.333. The van der Waals surface area contributed by atoms with E-state index < -0.39 is 17.6 Å². The average molecular weight is 314 g/mol. The summed E-state index contributed by atoms with van der Waals surface area (Å²) < 4.78 is 6.83. The van der Waals surface area contributed by atoms with E-state index in [1.165, 1.54) is 10.6 Å². The third-order valence-electron chi connectivity index (χ3n) is 3.29. The van der Waals surface area contributed by atoms with E-state index >= 15 is 0 Å². The largest absolute Gasteiger partial charge is 0.458 e. The van der Waals surface area contributed by atoms with E-state index in [4.69, 9.17) is 10.5 Å². The minimum Gasteiger partial charge on any atom is -0.458 e. The number of nitrogens with zero attached hydrogens (tertiary/aromatic N) is 1. The standard InChI is InChI=1S/C18H22N2O3/c1-18(2,3)23-17(22)15(12-13-8-5-4-6-9-13)20-11-7-10-14(19)16(20)21/h4-11,15H,12,19H2,1-3H3/t15-/m0/s1. The first-order chi connectivity index (χ1) is 10.8. The number of nitrogen functional groups attached to an aromatic ring is 1. The smallest absolute Gasteiger partial charge is 0.330 e. The zero-order valence-electron chi connectivity index (χ0n) is 13.7. The zero-order valence-corrected chi connectivity index (χ0v) is 13.7.